The molecule has 0 aromatic heterocycles. The average Bonchev–Trinajstić information content (AvgIpc) is 1.87. The Morgan fingerprint density at radius 1 is 1.36 bits per heavy atom. The van der Waals surface area contributed by atoms with Crippen LogP contribution in [0, 0.1) is 0 Å². The van der Waals surface area contributed by atoms with Gasteiger partial charge in [0.1, 0.15) is 0 Å². The Hall–Kier alpha value is -0.720. The Morgan fingerprint density at radius 3 is 2.45 bits per heavy atom. The molecular weight excluding hydrogens is 134 g/mol. The van der Waals surface area contributed by atoms with E-state index in [1.54, 1.807) is 0 Å². The molecule has 0 heterocycles. The van der Waals surface area contributed by atoms with Crippen molar-refractivity contribution in [2.24, 2.45) is 0 Å². The van der Waals surface area contributed by atoms with Gasteiger partial charge < -0.3 is 4.90 Å². The second kappa shape index (κ2) is 6.02. The van der Waals surface area contributed by atoms with Crippen LogP contribution in [-0.4, -0.2) is 19.0 Å². The third kappa shape index (κ3) is 7.17. The van der Waals surface area contributed by atoms with Crippen LogP contribution in [0.4, 0.5) is 0 Å². The number of rotatable bonds is 4. The van der Waals surface area contributed by atoms with E-state index in [2.05, 4.69) is 32.2 Å². The molecule has 0 saturated heterocycles. The van der Waals surface area contributed by atoms with Gasteiger partial charge in [-0.15, -0.1) is 0 Å². The zero-order valence-corrected chi connectivity index (χ0v) is 8.09. The minimum atomic E-state index is 1.21. The SMILES string of the molecule is CCCC(C)=CC=CN(C)C. The van der Waals surface area contributed by atoms with Crippen molar-refractivity contribution in [2.45, 2.75) is 26.7 Å². The third-order valence-corrected chi connectivity index (χ3v) is 1.41. The Morgan fingerprint density at radius 2 is 2.00 bits per heavy atom. The number of hydrogen-bond acceptors (Lipinski definition) is 1. The van der Waals surface area contributed by atoms with Gasteiger partial charge in [0, 0.05) is 14.1 Å². The summed E-state index contributed by atoms with van der Waals surface area (Å²) in [5, 5.41) is 0. The second-order valence-electron chi connectivity index (χ2n) is 3.07. The van der Waals surface area contributed by atoms with Crippen molar-refractivity contribution in [1.29, 1.82) is 0 Å². The third-order valence-electron chi connectivity index (χ3n) is 1.41. The lowest BCUT2D eigenvalue weighted by Gasteiger charge is -2.01. The van der Waals surface area contributed by atoms with Crippen LogP contribution in [0.3, 0.4) is 0 Å². The smallest absolute Gasteiger partial charge is 0.00556 e. The lowest BCUT2D eigenvalue weighted by Crippen LogP contribution is -1.99. The quantitative estimate of drug-likeness (QED) is 0.561. The first-order valence-corrected chi connectivity index (χ1v) is 4.17. The summed E-state index contributed by atoms with van der Waals surface area (Å²) < 4.78 is 0. The summed E-state index contributed by atoms with van der Waals surface area (Å²) in [5.41, 5.74) is 1.45. The molecule has 11 heavy (non-hydrogen) atoms. The molecule has 0 aromatic rings. The maximum atomic E-state index is 2.20. The molecule has 0 radical (unpaired) electrons. The Bertz CT molecular complexity index is 143. The van der Waals surface area contributed by atoms with E-state index in [0.717, 1.165) is 0 Å². The highest BCUT2D eigenvalue weighted by molar-refractivity contribution is 5.09. The molecule has 0 unspecified atom stereocenters. The van der Waals surface area contributed by atoms with E-state index < -0.39 is 0 Å². The van der Waals surface area contributed by atoms with E-state index in [1.165, 1.54) is 18.4 Å². The highest BCUT2D eigenvalue weighted by Gasteiger charge is 1.82. The summed E-state index contributed by atoms with van der Waals surface area (Å²) in [5.74, 6) is 0. The van der Waals surface area contributed by atoms with Crippen LogP contribution in [0.2, 0.25) is 0 Å². The van der Waals surface area contributed by atoms with E-state index in [-0.39, 0.29) is 0 Å². The molecule has 1 heteroatoms. The zero-order valence-electron chi connectivity index (χ0n) is 8.09. The molecule has 0 aliphatic heterocycles. The molecular formula is C10H19N. The van der Waals surface area contributed by atoms with Gasteiger partial charge in [0.15, 0.2) is 0 Å². The molecule has 0 saturated carbocycles. The first kappa shape index (κ1) is 10.3. The summed E-state index contributed by atoms with van der Waals surface area (Å²) in [6.07, 6.45) is 8.75. The lowest BCUT2D eigenvalue weighted by molar-refractivity contribution is 0.564. The summed E-state index contributed by atoms with van der Waals surface area (Å²) in [6, 6.07) is 0. The van der Waals surface area contributed by atoms with Gasteiger partial charge in [0.25, 0.3) is 0 Å². The van der Waals surface area contributed by atoms with E-state index in [4.69, 9.17) is 0 Å². The van der Waals surface area contributed by atoms with Crippen molar-refractivity contribution < 1.29 is 0 Å². The second-order valence-corrected chi connectivity index (χ2v) is 3.07. The fourth-order valence-corrected chi connectivity index (χ4v) is 0.857. The van der Waals surface area contributed by atoms with Gasteiger partial charge in [0.05, 0.1) is 0 Å². The first-order valence-electron chi connectivity index (χ1n) is 4.17. The molecule has 64 valence electrons. The molecule has 0 aromatic carbocycles. The topological polar surface area (TPSA) is 3.24 Å². The predicted octanol–water partition coefficient (Wildman–Crippen LogP) is 2.81. The molecule has 0 amide bonds. The van der Waals surface area contributed by atoms with Gasteiger partial charge in [0.2, 0.25) is 0 Å². The fourth-order valence-electron chi connectivity index (χ4n) is 0.857. The maximum absolute atomic E-state index is 2.20. The number of hydrogen-bond donors (Lipinski definition) is 0. The molecule has 0 fully saturated rings. The van der Waals surface area contributed by atoms with Crippen molar-refractivity contribution in [3.05, 3.63) is 23.9 Å². The lowest BCUT2D eigenvalue weighted by atomic mass is 10.2. The van der Waals surface area contributed by atoms with E-state index in [1.807, 2.05) is 19.0 Å². The van der Waals surface area contributed by atoms with Gasteiger partial charge in [-0.3, -0.25) is 0 Å². The van der Waals surface area contributed by atoms with Gasteiger partial charge in [-0.25, -0.2) is 0 Å². The van der Waals surface area contributed by atoms with E-state index in [9.17, 15) is 0 Å². The van der Waals surface area contributed by atoms with Crippen LogP contribution < -0.4 is 0 Å². The van der Waals surface area contributed by atoms with Crippen molar-refractivity contribution in [3.8, 4) is 0 Å². The minimum Gasteiger partial charge on any atom is -0.383 e. The van der Waals surface area contributed by atoms with Crippen LogP contribution in [-0.2, 0) is 0 Å². The summed E-state index contributed by atoms with van der Waals surface area (Å²) >= 11 is 0. The number of allylic oxidation sites excluding steroid dienone is 3. The van der Waals surface area contributed by atoms with Gasteiger partial charge in [-0.1, -0.05) is 25.0 Å². The maximum Gasteiger partial charge on any atom is 0.00556 e. The molecule has 0 aliphatic rings. The average molecular weight is 153 g/mol. The van der Waals surface area contributed by atoms with Crippen LogP contribution in [0.25, 0.3) is 0 Å². The van der Waals surface area contributed by atoms with Crippen molar-refractivity contribution in [1.82, 2.24) is 4.90 Å². The Labute approximate surface area is 70.4 Å². The van der Waals surface area contributed by atoms with Crippen molar-refractivity contribution >= 4 is 0 Å². The van der Waals surface area contributed by atoms with Crippen molar-refractivity contribution in [2.75, 3.05) is 14.1 Å². The zero-order chi connectivity index (χ0) is 8.69. The highest BCUT2D eigenvalue weighted by atomic mass is 15.0. The normalized spacial score (nSPS) is 12.5. The molecule has 0 aliphatic carbocycles. The molecule has 0 bridgehead atoms. The van der Waals surface area contributed by atoms with E-state index >= 15 is 0 Å². The summed E-state index contributed by atoms with van der Waals surface area (Å²) in [6.45, 7) is 4.37. The molecule has 0 atom stereocenters. The number of nitrogens with zero attached hydrogens (tertiary/aromatic N) is 1. The molecule has 0 rings (SSSR count). The minimum absolute atomic E-state index is 1.21. The van der Waals surface area contributed by atoms with Crippen LogP contribution >= 0.6 is 0 Å². The first-order chi connectivity index (χ1) is 5.16. The Balaban J connectivity index is 3.71. The predicted molar refractivity (Wildman–Crippen MR) is 51.5 cm³/mol. The van der Waals surface area contributed by atoms with Gasteiger partial charge >= 0.3 is 0 Å². The van der Waals surface area contributed by atoms with Crippen LogP contribution in [0.15, 0.2) is 23.9 Å². The van der Waals surface area contributed by atoms with Gasteiger partial charge in [-0.2, -0.15) is 0 Å². The standard InChI is InChI=1S/C10H19N/c1-5-7-10(2)8-6-9-11(3)4/h6,8-9H,5,7H2,1-4H3. The monoisotopic (exact) mass is 153 g/mol. The van der Waals surface area contributed by atoms with Crippen LogP contribution in [0.5, 0.6) is 0 Å². The highest BCUT2D eigenvalue weighted by Crippen LogP contribution is 2.02. The summed E-state index contributed by atoms with van der Waals surface area (Å²) in [7, 11) is 4.05. The van der Waals surface area contributed by atoms with Crippen molar-refractivity contribution in [3.63, 3.8) is 0 Å². The Kier molecular flexibility index (Phi) is 5.63. The molecule has 0 spiro atoms. The van der Waals surface area contributed by atoms with Gasteiger partial charge in [-0.05, 0) is 25.6 Å². The molecule has 0 N–H and O–H groups in total. The van der Waals surface area contributed by atoms with E-state index in [0.29, 0.717) is 0 Å². The summed E-state index contributed by atoms with van der Waals surface area (Å²) in [4.78, 5) is 2.04. The van der Waals surface area contributed by atoms with Crippen LogP contribution in [0.1, 0.15) is 26.7 Å². The molecule has 1 nitrogen and oxygen atoms in total. The fraction of sp³-hybridized carbons (Fsp3) is 0.600. The largest absolute Gasteiger partial charge is 0.383 e.